The molecule has 5 atom stereocenters. The number of aliphatic hydroxyl groups excluding tert-OH is 3. The molecule has 1 aliphatic carbocycles. The van der Waals surface area contributed by atoms with Crippen molar-refractivity contribution in [1.29, 1.82) is 0 Å². The number of carboxylic acids is 1. The van der Waals surface area contributed by atoms with Crippen LogP contribution >= 0.6 is 11.3 Å². The summed E-state index contributed by atoms with van der Waals surface area (Å²) in [6.45, 7) is 0. The molecule has 1 aromatic heterocycles. The van der Waals surface area contributed by atoms with E-state index >= 15 is 0 Å². The Hall–Kier alpha value is -0.470. The molecule has 1 fully saturated rings. The van der Waals surface area contributed by atoms with Gasteiger partial charge in [0.2, 0.25) is 0 Å². The normalized spacial score (nSPS) is 24.6. The first-order valence-electron chi connectivity index (χ1n) is 10.7. The zero-order valence-corrected chi connectivity index (χ0v) is 20.5. The SMILES string of the molecule is O=C([O-])CCCCCC[C@@H]1[C@@H](CC[C@@H](O)c2cc3ccccc3s2)[C@H](O)C[C@@H]1O.[Na+]. The molecule has 0 spiro atoms. The number of rotatable bonds is 11. The fourth-order valence-electron chi connectivity index (χ4n) is 4.64. The molecule has 0 saturated heterocycles. The van der Waals surface area contributed by atoms with E-state index in [-0.39, 0.29) is 47.8 Å². The quantitative estimate of drug-likeness (QED) is 0.340. The summed E-state index contributed by atoms with van der Waals surface area (Å²) in [6, 6.07) is 10.1. The van der Waals surface area contributed by atoms with Crippen LogP contribution in [0.3, 0.4) is 0 Å². The average molecular weight is 443 g/mol. The summed E-state index contributed by atoms with van der Waals surface area (Å²) in [6.07, 6.45) is 4.31. The van der Waals surface area contributed by atoms with Crippen LogP contribution in [0.1, 0.15) is 68.8 Å². The number of thiophene rings is 1. The van der Waals surface area contributed by atoms with Crippen molar-refractivity contribution in [2.75, 3.05) is 0 Å². The standard InChI is InChI=1S/C23H32O5S.Na/c24-18(22-13-15-7-5-6-9-21(15)29-22)12-11-17-16(19(25)14-20(17)26)8-3-1-2-4-10-23(27)28;/h5-7,9,13,16-20,24-26H,1-4,8,10-12,14H2,(H,27,28);/q;+1/p-1/t16-,17-,18-,19+,20-;/m1./s1. The molecule has 5 nitrogen and oxygen atoms in total. The van der Waals surface area contributed by atoms with E-state index in [0.29, 0.717) is 25.7 Å². The largest absolute Gasteiger partial charge is 1.00 e. The van der Waals surface area contributed by atoms with Crippen molar-refractivity contribution in [3.05, 3.63) is 35.2 Å². The topological polar surface area (TPSA) is 101 Å². The Morgan fingerprint density at radius 2 is 1.73 bits per heavy atom. The van der Waals surface area contributed by atoms with Crippen LogP contribution < -0.4 is 34.7 Å². The predicted octanol–water partition coefficient (Wildman–Crippen LogP) is 0.167. The van der Waals surface area contributed by atoms with Gasteiger partial charge in [-0.05, 0) is 67.9 Å². The van der Waals surface area contributed by atoms with Crippen LogP contribution in [0.5, 0.6) is 0 Å². The molecule has 1 saturated carbocycles. The van der Waals surface area contributed by atoms with E-state index in [0.717, 1.165) is 40.6 Å². The molecule has 0 radical (unpaired) electrons. The van der Waals surface area contributed by atoms with Crippen molar-refractivity contribution in [3.63, 3.8) is 0 Å². The van der Waals surface area contributed by atoms with Gasteiger partial charge in [0, 0.05) is 15.5 Å². The molecule has 0 aliphatic heterocycles. The van der Waals surface area contributed by atoms with Gasteiger partial charge in [-0.3, -0.25) is 0 Å². The summed E-state index contributed by atoms with van der Waals surface area (Å²) < 4.78 is 1.16. The van der Waals surface area contributed by atoms with Gasteiger partial charge in [-0.1, -0.05) is 37.5 Å². The average Bonchev–Trinajstić information content (AvgIpc) is 3.23. The molecule has 1 aromatic carbocycles. The van der Waals surface area contributed by atoms with Crippen LogP contribution in [0.4, 0.5) is 0 Å². The van der Waals surface area contributed by atoms with Gasteiger partial charge in [-0.2, -0.15) is 0 Å². The van der Waals surface area contributed by atoms with Crippen molar-refractivity contribution in [2.45, 2.75) is 76.1 Å². The maximum atomic E-state index is 10.7. The summed E-state index contributed by atoms with van der Waals surface area (Å²) in [5.74, 6) is -0.963. The van der Waals surface area contributed by atoms with E-state index in [9.17, 15) is 25.2 Å². The predicted molar refractivity (Wildman–Crippen MR) is 112 cm³/mol. The molecule has 7 heteroatoms. The van der Waals surface area contributed by atoms with Crippen LogP contribution in [0.2, 0.25) is 0 Å². The molecule has 1 aliphatic rings. The monoisotopic (exact) mass is 442 g/mol. The number of fused-ring (bicyclic) bond motifs is 1. The van der Waals surface area contributed by atoms with Gasteiger partial charge in [0.05, 0.1) is 18.3 Å². The van der Waals surface area contributed by atoms with Crippen LogP contribution in [0.15, 0.2) is 30.3 Å². The number of carbonyl (C=O) groups excluding carboxylic acids is 1. The second kappa shape index (κ2) is 12.5. The molecule has 1 heterocycles. The zero-order chi connectivity index (χ0) is 20.8. The van der Waals surface area contributed by atoms with Gasteiger partial charge in [0.25, 0.3) is 0 Å². The number of hydrogen-bond acceptors (Lipinski definition) is 6. The summed E-state index contributed by atoms with van der Waals surface area (Å²) in [7, 11) is 0. The Kier molecular flexibility index (Phi) is 10.8. The number of aliphatic hydroxyl groups is 3. The van der Waals surface area contributed by atoms with Crippen LogP contribution in [-0.2, 0) is 4.79 Å². The Balaban J connectivity index is 0.00000320. The smallest absolute Gasteiger partial charge is 0.550 e. The third kappa shape index (κ3) is 7.02. The molecule has 0 bridgehead atoms. The second-order valence-corrected chi connectivity index (χ2v) is 9.42. The van der Waals surface area contributed by atoms with Gasteiger partial charge >= 0.3 is 29.6 Å². The molecule has 160 valence electrons. The van der Waals surface area contributed by atoms with Gasteiger partial charge < -0.3 is 25.2 Å². The third-order valence-corrected chi connectivity index (χ3v) is 7.45. The molecule has 2 aromatic rings. The molecular formula is C23H31NaO5S. The summed E-state index contributed by atoms with van der Waals surface area (Å²) in [5, 5.41) is 43.0. The number of carboxylic acid groups (broad SMARTS) is 1. The van der Waals surface area contributed by atoms with Crippen molar-refractivity contribution < 1.29 is 54.8 Å². The van der Waals surface area contributed by atoms with Crippen LogP contribution in [0, 0.1) is 11.8 Å². The Morgan fingerprint density at radius 1 is 1.07 bits per heavy atom. The van der Waals surface area contributed by atoms with E-state index in [4.69, 9.17) is 0 Å². The number of carbonyl (C=O) groups is 1. The molecule has 0 amide bonds. The Morgan fingerprint density at radius 3 is 2.43 bits per heavy atom. The van der Waals surface area contributed by atoms with E-state index in [1.165, 1.54) is 0 Å². The minimum Gasteiger partial charge on any atom is -0.550 e. The van der Waals surface area contributed by atoms with Crippen LogP contribution in [-0.4, -0.2) is 33.5 Å². The first-order chi connectivity index (χ1) is 14.0. The first kappa shape index (κ1) is 25.8. The molecule has 30 heavy (non-hydrogen) atoms. The van der Waals surface area contributed by atoms with E-state index in [1.54, 1.807) is 11.3 Å². The molecule has 3 rings (SSSR count). The van der Waals surface area contributed by atoms with E-state index in [2.05, 4.69) is 6.07 Å². The number of benzene rings is 1. The zero-order valence-electron chi connectivity index (χ0n) is 17.7. The van der Waals surface area contributed by atoms with Crippen molar-refractivity contribution in [1.82, 2.24) is 0 Å². The van der Waals surface area contributed by atoms with E-state index in [1.807, 2.05) is 24.3 Å². The van der Waals surface area contributed by atoms with E-state index < -0.39 is 24.3 Å². The fourth-order valence-corrected chi connectivity index (χ4v) is 5.73. The third-order valence-electron chi connectivity index (χ3n) is 6.24. The maximum Gasteiger partial charge on any atom is 1.00 e. The van der Waals surface area contributed by atoms with Crippen molar-refractivity contribution in [3.8, 4) is 0 Å². The molecule has 0 unspecified atom stereocenters. The first-order valence-corrected chi connectivity index (χ1v) is 11.5. The molecule has 3 N–H and O–H groups in total. The minimum atomic E-state index is -1.00. The molecular weight excluding hydrogens is 411 g/mol. The van der Waals surface area contributed by atoms with Gasteiger partial charge in [0.15, 0.2) is 0 Å². The number of hydrogen-bond donors (Lipinski definition) is 3. The van der Waals surface area contributed by atoms with Gasteiger partial charge in [0.1, 0.15) is 0 Å². The Bertz CT molecular complexity index is 762. The summed E-state index contributed by atoms with van der Waals surface area (Å²) in [4.78, 5) is 11.4. The number of unbranched alkanes of at least 4 members (excludes halogenated alkanes) is 3. The summed E-state index contributed by atoms with van der Waals surface area (Å²) >= 11 is 1.61. The maximum absolute atomic E-state index is 10.7. The minimum absolute atomic E-state index is 0. The van der Waals surface area contributed by atoms with Crippen LogP contribution in [0.25, 0.3) is 10.1 Å². The Labute approximate surface area is 204 Å². The fraction of sp³-hybridized carbons (Fsp3) is 0.609. The van der Waals surface area contributed by atoms with Gasteiger partial charge in [-0.25, -0.2) is 0 Å². The number of aliphatic carboxylic acids is 1. The van der Waals surface area contributed by atoms with Crippen molar-refractivity contribution >= 4 is 27.4 Å². The van der Waals surface area contributed by atoms with Gasteiger partial charge in [-0.15, -0.1) is 11.3 Å². The van der Waals surface area contributed by atoms with Crippen molar-refractivity contribution in [2.24, 2.45) is 11.8 Å². The second-order valence-electron chi connectivity index (χ2n) is 8.30. The summed E-state index contributed by atoms with van der Waals surface area (Å²) in [5.41, 5.74) is 0.